The molecule has 0 spiro atoms. The van der Waals surface area contributed by atoms with Crippen LogP contribution in [0.25, 0.3) is 0 Å². The number of carbonyl (C=O) groups is 2. The third kappa shape index (κ3) is 3.92. The quantitative estimate of drug-likeness (QED) is 0.751. The number of hydrazone groups is 1. The maximum Gasteiger partial charge on any atom is 0.269 e. The Hall–Kier alpha value is -2.21. The van der Waals surface area contributed by atoms with Crippen LogP contribution in [0.15, 0.2) is 35.4 Å². The highest BCUT2D eigenvalue weighted by Crippen LogP contribution is 2.20. The molecule has 0 aliphatic carbocycles. The number of amides is 2. The number of para-hydroxylation sites is 1. The van der Waals surface area contributed by atoms with Gasteiger partial charge in [-0.3, -0.25) is 9.59 Å². The lowest BCUT2D eigenvalue weighted by Gasteiger charge is -2.25. The van der Waals surface area contributed by atoms with Crippen molar-refractivity contribution in [2.45, 2.75) is 19.3 Å². The van der Waals surface area contributed by atoms with Crippen molar-refractivity contribution in [2.24, 2.45) is 5.10 Å². The van der Waals surface area contributed by atoms with E-state index in [9.17, 15) is 9.59 Å². The summed E-state index contributed by atoms with van der Waals surface area (Å²) in [5.41, 5.74) is 1.10. The molecule has 1 aliphatic heterocycles. The maximum absolute atomic E-state index is 12.4. The zero-order chi connectivity index (χ0) is 15.9. The van der Waals surface area contributed by atoms with E-state index in [1.165, 1.54) is 5.01 Å². The van der Waals surface area contributed by atoms with Crippen LogP contribution in [-0.4, -0.2) is 49.7 Å². The molecule has 6 nitrogen and oxygen atoms in total. The molecular formula is C16H21N3O3. The lowest BCUT2D eigenvalue weighted by Crippen LogP contribution is -2.40. The molecule has 1 aromatic rings. The summed E-state index contributed by atoms with van der Waals surface area (Å²) in [5, 5.41) is 5.58. The minimum absolute atomic E-state index is 0.0928. The van der Waals surface area contributed by atoms with E-state index in [1.54, 1.807) is 31.2 Å². The molecule has 1 heterocycles. The van der Waals surface area contributed by atoms with Gasteiger partial charge in [-0.15, -0.1) is 0 Å². The molecule has 1 aliphatic rings. The van der Waals surface area contributed by atoms with Crippen LogP contribution in [-0.2, 0) is 14.3 Å². The average Bonchev–Trinajstić information content (AvgIpc) is 2.55. The number of anilines is 1. The third-order valence-corrected chi connectivity index (χ3v) is 3.47. The number of hydrogen-bond acceptors (Lipinski definition) is 4. The number of rotatable bonds is 6. The predicted molar refractivity (Wildman–Crippen MR) is 84.7 cm³/mol. The fraction of sp³-hybridized carbons (Fsp3) is 0.438. The summed E-state index contributed by atoms with van der Waals surface area (Å²) in [6.07, 6.45) is 1.45. The Bertz CT molecular complexity index is 557. The van der Waals surface area contributed by atoms with Gasteiger partial charge in [0.15, 0.2) is 0 Å². The second kappa shape index (κ2) is 7.70. The van der Waals surface area contributed by atoms with Crippen molar-refractivity contribution in [2.75, 3.05) is 32.3 Å². The van der Waals surface area contributed by atoms with Gasteiger partial charge in [0.25, 0.3) is 5.91 Å². The van der Waals surface area contributed by atoms with Crippen molar-refractivity contribution in [3.63, 3.8) is 0 Å². The van der Waals surface area contributed by atoms with E-state index in [4.69, 9.17) is 4.74 Å². The normalized spacial score (nSPS) is 14.7. The van der Waals surface area contributed by atoms with Crippen molar-refractivity contribution < 1.29 is 14.3 Å². The third-order valence-electron chi connectivity index (χ3n) is 3.47. The SMILES string of the molecule is COCCCN(C)C(=O)C1=NN(c2ccccc2)C(=O)CC1. The number of methoxy groups -OCH3 is 1. The maximum atomic E-state index is 12.4. The highest BCUT2D eigenvalue weighted by atomic mass is 16.5. The van der Waals surface area contributed by atoms with Crippen LogP contribution < -0.4 is 5.01 Å². The first kappa shape index (κ1) is 16.2. The predicted octanol–water partition coefficient (Wildman–Crippen LogP) is 1.66. The first-order valence-corrected chi connectivity index (χ1v) is 7.33. The topological polar surface area (TPSA) is 62.2 Å². The summed E-state index contributed by atoms with van der Waals surface area (Å²) in [6, 6.07) is 9.15. The van der Waals surface area contributed by atoms with E-state index < -0.39 is 0 Å². The van der Waals surface area contributed by atoms with Crippen LogP contribution in [0.4, 0.5) is 5.69 Å². The van der Waals surface area contributed by atoms with Crippen molar-refractivity contribution >= 4 is 23.2 Å². The smallest absolute Gasteiger partial charge is 0.269 e. The van der Waals surface area contributed by atoms with Crippen molar-refractivity contribution in [1.82, 2.24) is 4.90 Å². The second-order valence-corrected chi connectivity index (χ2v) is 5.16. The fourth-order valence-electron chi connectivity index (χ4n) is 2.25. The van der Waals surface area contributed by atoms with Gasteiger partial charge >= 0.3 is 0 Å². The summed E-state index contributed by atoms with van der Waals surface area (Å²) in [5.74, 6) is -0.227. The van der Waals surface area contributed by atoms with Crippen LogP contribution in [0.3, 0.4) is 0 Å². The molecule has 0 atom stereocenters. The van der Waals surface area contributed by atoms with E-state index in [-0.39, 0.29) is 11.8 Å². The first-order chi connectivity index (χ1) is 10.6. The molecule has 0 N–H and O–H groups in total. The molecular weight excluding hydrogens is 282 g/mol. The van der Waals surface area contributed by atoms with E-state index in [2.05, 4.69) is 5.10 Å². The summed E-state index contributed by atoms with van der Waals surface area (Å²) < 4.78 is 4.99. The molecule has 2 rings (SSSR count). The monoisotopic (exact) mass is 303 g/mol. The fourth-order valence-corrected chi connectivity index (χ4v) is 2.25. The van der Waals surface area contributed by atoms with Crippen LogP contribution >= 0.6 is 0 Å². The molecule has 118 valence electrons. The van der Waals surface area contributed by atoms with Crippen molar-refractivity contribution in [3.8, 4) is 0 Å². The van der Waals surface area contributed by atoms with Gasteiger partial charge in [-0.1, -0.05) is 18.2 Å². The van der Waals surface area contributed by atoms with Gasteiger partial charge in [-0.2, -0.15) is 5.10 Å². The van der Waals surface area contributed by atoms with Crippen molar-refractivity contribution in [3.05, 3.63) is 30.3 Å². The Kier molecular flexibility index (Phi) is 5.66. The lowest BCUT2D eigenvalue weighted by molar-refractivity contribution is -0.123. The molecule has 2 amide bonds. The van der Waals surface area contributed by atoms with E-state index in [0.29, 0.717) is 37.4 Å². The van der Waals surface area contributed by atoms with E-state index >= 15 is 0 Å². The summed E-state index contributed by atoms with van der Waals surface area (Å²) in [7, 11) is 3.38. The molecule has 0 aromatic heterocycles. The molecule has 0 saturated carbocycles. The van der Waals surface area contributed by atoms with E-state index in [0.717, 1.165) is 6.42 Å². The number of carbonyl (C=O) groups excluding carboxylic acids is 2. The Morgan fingerprint density at radius 3 is 2.73 bits per heavy atom. The number of nitrogens with zero attached hydrogens (tertiary/aromatic N) is 3. The van der Waals surface area contributed by atoms with Gasteiger partial charge in [0.1, 0.15) is 5.71 Å². The van der Waals surface area contributed by atoms with Gasteiger partial charge in [-0.25, -0.2) is 5.01 Å². The molecule has 1 aromatic carbocycles. The zero-order valence-corrected chi connectivity index (χ0v) is 13.0. The molecule has 6 heteroatoms. The van der Waals surface area contributed by atoms with Crippen LogP contribution in [0.2, 0.25) is 0 Å². The Morgan fingerprint density at radius 2 is 2.05 bits per heavy atom. The van der Waals surface area contributed by atoms with Crippen LogP contribution in [0.1, 0.15) is 19.3 Å². The first-order valence-electron chi connectivity index (χ1n) is 7.33. The van der Waals surface area contributed by atoms with Gasteiger partial charge in [0, 0.05) is 40.2 Å². The number of hydrogen-bond donors (Lipinski definition) is 0. The Labute approximate surface area is 130 Å². The minimum atomic E-state index is -0.135. The minimum Gasteiger partial charge on any atom is -0.385 e. The van der Waals surface area contributed by atoms with Gasteiger partial charge in [0.2, 0.25) is 5.91 Å². The largest absolute Gasteiger partial charge is 0.385 e. The lowest BCUT2D eigenvalue weighted by atomic mass is 10.1. The number of benzene rings is 1. The standard InChI is InChI=1S/C16H21N3O3/c1-18(11-6-12-22-2)16(21)14-9-10-15(20)19(17-14)13-7-4-3-5-8-13/h3-5,7-8H,6,9-12H2,1-2H3. The molecule has 0 saturated heterocycles. The Morgan fingerprint density at radius 1 is 1.32 bits per heavy atom. The number of ether oxygens (including phenoxy) is 1. The van der Waals surface area contributed by atoms with Crippen molar-refractivity contribution in [1.29, 1.82) is 0 Å². The van der Waals surface area contributed by atoms with Crippen LogP contribution in [0, 0.1) is 0 Å². The summed E-state index contributed by atoms with van der Waals surface area (Å²) in [6.45, 7) is 1.21. The highest BCUT2D eigenvalue weighted by Gasteiger charge is 2.26. The van der Waals surface area contributed by atoms with Gasteiger partial charge in [-0.05, 0) is 18.6 Å². The zero-order valence-electron chi connectivity index (χ0n) is 13.0. The highest BCUT2D eigenvalue weighted by molar-refractivity contribution is 6.40. The molecule has 0 fully saturated rings. The second-order valence-electron chi connectivity index (χ2n) is 5.16. The van der Waals surface area contributed by atoms with Gasteiger partial charge < -0.3 is 9.64 Å². The molecule has 0 bridgehead atoms. The van der Waals surface area contributed by atoms with Gasteiger partial charge in [0.05, 0.1) is 5.69 Å². The molecule has 0 radical (unpaired) electrons. The van der Waals surface area contributed by atoms with E-state index in [1.807, 2.05) is 18.2 Å². The van der Waals surface area contributed by atoms with Crippen LogP contribution in [0.5, 0.6) is 0 Å². The summed E-state index contributed by atoms with van der Waals surface area (Å²) >= 11 is 0. The average molecular weight is 303 g/mol. The molecule has 0 unspecified atom stereocenters. The molecule has 22 heavy (non-hydrogen) atoms. The Balaban J connectivity index is 2.10. The summed E-state index contributed by atoms with van der Waals surface area (Å²) in [4.78, 5) is 26.0.